The van der Waals surface area contributed by atoms with Crippen LogP contribution in [0.2, 0.25) is 0 Å². The molecule has 0 spiro atoms. The molecular weight excluding hydrogens is 472 g/mol. The molecule has 1 fully saturated rings. The van der Waals surface area contributed by atoms with Gasteiger partial charge in [0, 0.05) is 59.8 Å². The molecule has 2 aliphatic rings. The molecule has 0 amide bonds. The second-order valence-electron chi connectivity index (χ2n) is 9.21. The molecule has 8 heteroatoms. The van der Waals surface area contributed by atoms with Gasteiger partial charge in [-0.05, 0) is 23.8 Å². The zero-order valence-electron chi connectivity index (χ0n) is 19.7. The van der Waals surface area contributed by atoms with Crippen molar-refractivity contribution < 1.29 is 8.96 Å². The minimum atomic E-state index is -2.91. The molecule has 0 aliphatic carbocycles. The Labute approximate surface area is 209 Å². The molecule has 0 atom stereocenters. The fourth-order valence-electron chi connectivity index (χ4n) is 4.91. The number of rotatable bonds is 4. The van der Waals surface area contributed by atoms with Crippen LogP contribution in [0.15, 0.2) is 84.6 Å². The third-order valence-corrected chi connectivity index (χ3v) is 10.00. The van der Waals surface area contributed by atoms with Crippen LogP contribution in [0, 0.1) is 5.82 Å². The molecule has 1 aromatic heterocycles. The average molecular weight is 498 g/mol. The first-order valence-corrected chi connectivity index (χ1v) is 14.0. The van der Waals surface area contributed by atoms with Crippen LogP contribution >= 0.6 is 7.14 Å². The van der Waals surface area contributed by atoms with E-state index >= 15 is 0 Å². The number of hydrogen-bond donors (Lipinski definition) is 1. The van der Waals surface area contributed by atoms with Crippen molar-refractivity contribution >= 4 is 40.7 Å². The number of halogens is 1. The van der Waals surface area contributed by atoms with Crippen LogP contribution in [0.1, 0.15) is 16.7 Å². The summed E-state index contributed by atoms with van der Waals surface area (Å²) in [4.78, 5) is 11.2. The summed E-state index contributed by atoms with van der Waals surface area (Å²) in [5, 5.41) is 5.79. The van der Waals surface area contributed by atoms with E-state index in [9.17, 15) is 8.96 Å². The molecule has 0 radical (unpaired) electrons. The zero-order valence-corrected chi connectivity index (χ0v) is 20.6. The van der Waals surface area contributed by atoms with Crippen LogP contribution in [0.5, 0.6) is 0 Å². The van der Waals surface area contributed by atoms with Gasteiger partial charge in [0.1, 0.15) is 13.0 Å². The summed E-state index contributed by atoms with van der Waals surface area (Å²) < 4.78 is 29.0. The van der Waals surface area contributed by atoms with E-state index in [0.29, 0.717) is 43.1 Å². The second kappa shape index (κ2) is 8.99. The van der Waals surface area contributed by atoms with E-state index in [2.05, 4.69) is 27.1 Å². The van der Waals surface area contributed by atoms with Crippen LogP contribution in [0.25, 0.3) is 16.6 Å². The summed E-state index contributed by atoms with van der Waals surface area (Å²) in [5.41, 5.74) is 8.34. The summed E-state index contributed by atoms with van der Waals surface area (Å²) >= 11 is 0. The highest BCUT2D eigenvalue weighted by Gasteiger charge is 2.34. The van der Waals surface area contributed by atoms with E-state index in [1.54, 1.807) is 12.1 Å². The number of nitrogens with one attached hydrogen (secondary N) is 1. The standard InChI is InChI=1S/C28H25FN5OP/c1-19-22-7-3-4-8-23(22)26(33-32-19)16-20-10-11-24(29)27(17-20)36(35)14-12-34(13-15-36)28-30-18-21-6-2-5-9-25(21)31-28/h2-11,17-18,32H,1,12-16H2. The normalized spacial score (nSPS) is 16.9. The Bertz CT molecular complexity index is 1570. The molecule has 36 heavy (non-hydrogen) atoms. The van der Waals surface area contributed by atoms with Gasteiger partial charge in [0.15, 0.2) is 0 Å². The van der Waals surface area contributed by atoms with E-state index < -0.39 is 13.0 Å². The SMILES string of the molecule is C=C1NN=C(Cc2ccc(F)c(P3(=O)CCN(c4ncc5ccccc5n4)CC3)c2)c2ccccc21. The van der Waals surface area contributed by atoms with Gasteiger partial charge >= 0.3 is 0 Å². The largest absolute Gasteiger partial charge is 0.340 e. The first-order chi connectivity index (χ1) is 17.5. The van der Waals surface area contributed by atoms with Crippen LogP contribution in [-0.4, -0.2) is 41.1 Å². The number of benzene rings is 3. The number of para-hydroxylation sites is 1. The third-order valence-electron chi connectivity index (χ3n) is 6.93. The summed E-state index contributed by atoms with van der Waals surface area (Å²) in [6.07, 6.45) is 3.08. The molecule has 6 rings (SSSR count). The van der Waals surface area contributed by atoms with Gasteiger partial charge in [0.25, 0.3) is 0 Å². The Hall–Kier alpha value is -3.83. The fourth-order valence-corrected chi connectivity index (χ4v) is 7.61. The first kappa shape index (κ1) is 22.6. The smallest absolute Gasteiger partial charge is 0.225 e. The Kier molecular flexibility index (Phi) is 5.65. The van der Waals surface area contributed by atoms with Crippen molar-refractivity contribution in [2.24, 2.45) is 5.10 Å². The van der Waals surface area contributed by atoms with Gasteiger partial charge in [0.05, 0.1) is 16.9 Å². The monoisotopic (exact) mass is 497 g/mol. The summed E-state index contributed by atoms with van der Waals surface area (Å²) in [5.74, 6) is 0.215. The molecule has 2 aliphatic heterocycles. The molecule has 3 heterocycles. The van der Waals surface area contributed by atoms with Crippen LogP contribution < -0.4 is 15.6 Å². The highest BCUT2D eigenvalue weighted by Crippen LogP contribution is 2.47. The highest BCUT2D eigenvalue weighted by atomic mass is 31.2. The van der Waals surface area contributed by atoms with Gasteiger partial charge in [-0.15, -0.1) is 0 Å². The van der Waals surface area contributed by atoms with Gasteiger partial charge in [-0.2, -0.15) is 5.10 Å². The lowest BCUT2D eigenvalue weighted by molar-refractivity contribution is 0.570. The van der Waals surface area contributed by atoms with E-state index in [1.807, 2.05) is 59.6 Å². The maximum Gasteiger partial charge on any atom is 0.225 e. The lowest BCUT2D eigenvalue weighted by Gasteiger charge is -2.32. The van der Waals surface area contributed by atoms with Gasteiger partial charge in [-0.25, -0.2) is 14.4 Å². The predicted molar refractivity (Wildman–Crippen MR) is 144 cm³/mol. The molecule has 0 bridgehead atoms. The van der Waals surface area contributed by atoms with Gasteiger partial charge in [-0.1, -0.05) is 55.1 Å². The summed E-state index contributed by atoms with van der Waals surface area (Å²) in [7, 11) is -2.91. The molecule has 1 saturated heterocycles. The predicted octanol–water partition coefficient (Wildman–Crippen LogP) is 4.80. The fraction of sp³-hybridized carbons (Fsp3) is 0.179. The van der Waals surface area contributed by atoms with E-state index in [0.717, 1.165) is 39.0 Å². The Morgan fingerprint density at radius 3 is 2.58 bits per heavy atom. The van der Waals surface area contributed by atoms with Crippen molar-refractivity contribution in [1.29, 1.82) is 0 Å². The van der Waals surface area contributed by atoms with Crippen LogP contribution in [-0.2, 0) is 11.0 Å². The van der Waals surface area contributed by atoms with Crippen LogP contribution in [0.4, 0.5) is 10.3 Å². The third kappa shape index (κ3) is 4.10. The molecule has 0 unspecified atom stereocenters. The quantitative estimate of drug-likeness (QED) is 0.411. The Balaban J connectivity index is 1.22. The van der Waals surface area contributed by atoms with E-state index in [1.165, 1.54) is 6.07 Å². The molecule has 0 saturated carbocycles. The van der Waals surface area contributed by atoms with Crippen molar-refractivity contribution in [3.63, 3.8) is 0 Å². The number of nitrogens with zero attached hydrogens (tertiary/aromatic N) is 4. The number of hydrogen-bond acceptors (Lipinski definition) is 6. The van der Waals surface area contributed by atoms with Crippen molar-refractivity contribution in [2.75, 3.05) is 30.3 Å². The van der Waals surface area contributed by atoms with Crippen molar-refractivity contribution in [3.8, 4) is 0 Å². The maximum absolute atomic E-state index is 15.0. The number of hydrazone groups is 1. The number of aromatic nitrogens is 2. The first-order valence-electron chi connectivity index (χ1n) is 12.0. The lowest BCUT2D eigenvalue weighted by Crippen LogP contribution is -2.38. The van der Waals surface area contributed by atoms with Gasteiger partial charge in [-0.3, -0.25) is 5.43 Å². The molecular formula is C28H25FN5OP. The molecule has 6 nitrogen and oxygen atoms in total. The molecule has 180 valence electrons. The maximum atomic E-state index is 15.0. The highest BCUT2D eigenvalue weighted by molar-refractivity contribution is 7.71. The average Bonchev–Trinajstić information content (AvgIpc) is 2.91. The van der Waals surface area contributed by atoms with Gasteiger partial charge < -0.3 is 9.46 Å². The molecule has 3 aromatic carbocycles. The van der Waals surface area contributed by atoms with Crippen molar-refractivity contribution in [2.45, 2.75) is 6.42 Å². The van der Waals surface area contributed by atoms with Crippen molar-refractivity contribution in [3.05, 3.63) is 102 Å². The summed E-state index contributed by atoms with van der Waals surface area (Å²) in [6.45, 7) is 5.06. The van der Waals surface area contributed by atoms with Gasteiger partial charge in [0.2, 0.25) is 5.95 Å². The molecule has 1 N–H and O–H groups in total. The topological polar surface area (TPSA) is 70.5 Å². The summed E-state index contributed by atoms with van der Waals surface area (Å²) in [6, 6.07) is 20.7. The van der Waals surface area contributed by atoms with Crippen LogP contribution in [0.3, 0.4) is 0 Å². The minimum absolute atomic E-state index is 0.334. The number of fused-ring (bicyclic) bond motifs is 2. The van der Waals surface area contributed by atoms with E-state index in [4.69, 9.17) is 0 Å². The molecule has 4 aromatic rings. The van der Waals surface area contributed by atoms with Crippen molar-refractivity contribution in [1.82, 2.24) is 15.4 Å². The Morgan fingerprint density at radius 2 is 1.75 bits per heavy atom. The zero-order chi connectivity index (χ0) is 24.7. The number of anilines is 1. The minimum Gasteiger partial charge on any atom is -0.340 e. The van der Waals surface area contributed by atoms with E-state index in [-0.39, 0.29) is 0 Å². The second-order valence-corrected chi connectivity index (χ2v) is 12.4. The Morgan fingerprint density at radius 1 is 1.00 bits per heavy atom. The lowest BCUT2D eigenvalue weighted by atomic mass is 9.95.